The average molecular weight is 407 g/mol. The fourth-order valence-corrected chi connectivity index (χ4v) is 4.93. The summed E-state index contributed by atoms with van der Waals surface area (Å²) in [7, 11) is -2.07. The Morgan fingerprint density at radius 2 is 1.93 bits per heavy atom. The zero-order chi connectivity index (χ0) is 20.5. The van der Waals surface area contributed by atoms with Gasteiger partial charge in [-0.2, -0.15) is 4.31 Å². The molecular weight excluding hydrogens is 382 g/mol. The van der Waals surface area contributed by atoms with Crippen molar-refractivity contribution in [2.75, 3.05) is 20.1 Å². The van der Waals surface area contributed by atoms with E-state index in [1.54, 1.807) is 32.2 Å². The fraction of sp³-hybridized carbons (Fsp3) is 0.474. The number of carbonyl (C=O) groups is 1. The zero-order valence-corrected chi connectivity index (χ0v) is 17.3. The van der Waals surface area contributed by atoms with Crippen LogP contribution in [0.2, 0.25) is 0 Å². The lowest BCUT2D eigenvalue weighted by Crippen LogP contribution is -2.48. The van der Waals surface area contributed by atoms with E-state index in [9.17, 15) is 13.2 Å². The first kappa shape index (κ1) is 20.5. The highest BCUT2D eigenvalue weighted by atomic mass is 32.2. The number of carbonyl (C=O) groups excluding carboxylic acids is 1. The van der Waals surface area contributed by atoms with Crippen molar-refractivity contribution in [1.29, 1.82) is 0 Å². The standard InChI is InChI=1S/C19H25N3O5S/c1-13-8-17(20-27-13)12-21(4)19(23)16-6-5-7-18(9-16)28(24,25)22-10-14(2)26-15(3)11-22/h5-9,14-15H,10-12H2,1-4H3. The summed E-state index contributed by atoms with van der Waals surface area (Å²) in [6, 6.07) is 7.88. The zero-order valence-electron chi connectivity index (χ0n) is 16.5. The van der Waals surface area contributed by atoms with Crippen LogP contribution in [0.3, 0.4) is 0 Å². The lowest BCUT2D eigenvalue weighted by molar-refractivity contribution is -0.0440. The van der Waals surface area contributed by atoms with Crippen LogP contribution in [-0.4, -0.2) is 61.0 Å². The minimum absolute atomic E-state index is 0.102. The molecule has 2 unspecified atom stereocenters. The SMILES string of the molecule is Cc1cc(CN(C)C(=O)c2cccc(S(=O)(=O)N3CC(C)OC(C)C3)c2)no1. The Morgan fingerprint density at radius 3 is 2.54 bits per heavy atom. The second-order valence-electron chi connectivity index (χ2n) is 7.20. The van der Waals surface area contributed by atoms with E-state index in [1.165, 1.54) is 21.3 Å². The predicted octanol–water partition coefficient (Wildman–Crippen LogP) is 2.05. The van der Waals surface area contributed by atoms with Crippen LogP contribution in [0, 0.1) is 6.92 Å². The Labute approximate surface area is 165 Å². The molecule has 152 valence electrons. The number of hydrogen-bond acceptors (Lipinski definition) is 6. The molecule has 9 heteroatoms. The lowest BCUT2D eigenvalue weighted by Gasteiger charge is -2.34. The third-order valence-corrected chi connectivity index (χ3v) is 6.36. The molecule has 28 heavy (non-hydrogen) atoms. The molecule has 1 fully saturated rings. The number of nitrogens with zero attached hydrogens (tertiary/aromatic N) is 3. The molecule has 0 bridgehead atoms. The molecule has 1 aromatic carbocycles. The molecule has 2 aromatic rings. The van der Waals surface area contributed by atoms with Crippen molar-refractivity contribution in [3.05, 3.63) is 47.3 Å². The van der Waals surface area contributed by atoms with E-state index >= 15 is 0 Å². The summed E-state index contributed by atoms with van der Waals surface area (Å²) in [5.74, 6) is 0.374. The third kappa shape index (κ3) is 4.43. The molecule has 3 rings (SSSR count). The first-order chi connectivity index (χ1) is 13.2. The van der Waals surface area contributed by atoms with Crippen LogP contribution in [-0.2, 0) is 21.3 Å². The molecule has 1 aromatic heterocycles. The van der Waals surface area contributed by atoms with Gasteiger partial charge in [0.1, 0.15) is 11.5 Å². The highest BCUT2D eigenvalue weighted by molar-refractivity contribution is 7.89. The molecule has 0 radical (unpaired) electrons. The maximum absolute atomic E-state index is 13.0. The van der Waals surface area contributed by atoms with Gasteiger partial charge in [-0.05, 0) is 39.0 Å². The average Bonchev–Trinajstić information content (AvgIpc) is 3.05. The molecular formula is C19H25N3O5S. The van der Waals surface area contributed by atoms with E-state index in [0.717, 1.165) is 0 Å². The molecule has 1 amide bonds. The van der Waals surface area contributed by atoms with Gasteiger partial charge in [0.25, 0.3) is 5.91 Å². The number of aryl methyl sites for hydroxylation is 1. The van der Waals surface area contributed by atoms with E-state index in [1.807, 2.05) is 13.8 Å². The van der Waals surface area contributed by atoms with Crippen LogP contribution in [0.1, 0.15) is 35.7 Å². The van der Waals surface area contributed by atoms with Crippen LogP contribution >= 0.6 is 0 Å². The predicted molar refractivity (Wildman–Crippen MR) is 102 cm³/mol. The van der Waals surface area contributed by atoms with E-state index in [-0.39, 0.29) is 42.6 Å². The lowest BCUT2D eigenvalue weighted by atomic mass is 10.2. The van der Waals surface area contributed by atoms with Gasteiger partial charge < -0.3 is 14.2 Å². The Bertz CT molecular complexity index is 946. The van der Waals surface area contributed by atoms with Gasteiger partial charge in [-0.15, -0.1) is 0 Å². The maximum atomic E-state index is 13.0. The fourth-order valence-electron chi connectivity index (χ4n) is 3.29. The molecule has 0 saturated carbocycles. The number of morpholine rings is 1. The number of rotatable bonds is 5. The van der Waals surface area contributed by atoms with Crippen molar-refractivity contribution in [2.24, 2.45) is 0 Å². The van der Waals surface area contributed by atoms with Crippen molar-refractivity contribution in [3.63, 3.8) is 0 Å². The number of ether oxygens (including phenoxy) is 1. The molecule has 2 heterocycles. The van der Waals surface area contributed by atoms with Gasteiger partial charge in [0.2, 0.25) is 10.0 Å². The van der Waals surface area contributed by atoms with E-state index in [2.05, 4.69) is 5.16 Å². The van der Waals surface area contributed by atoms with Crippen LogP contribution in [0.4, 0.5) is 0 Å². The largest absolute Gasteiger partial charge is 0.373 e. The molecule has 1 aliphatic rings. The van der Waals surface area contributed by atoms with Gasteiger partial charge in [0, 0.05) is 31.8 Å². The van der Waals surface area contributed by atoms with E-state index in [4.69, 9.17) is 9.26 Å². The summed E-state index contributed by atoms with van der Waals surface area (Å²) < 4.78 is 38.1. The van der Waals surface area contributed by atoms with Gasteiger partial charge in [-0.1, -0.05) is 11.2 Å². The smallest absolute Gasteiger partial charge is 0.253 e. The highest BCUT2D eigenvalue weighted by Crippen LogP contribution is 2.22. The van der Waals surface area contributed by atoms with Crippen molar-refractivity contribution in [3.8, 4) is 0 Å². The summed E-state index contributed by atoms with van der Waals surface area (Å²) in [5.41, 5.74) is 0.937. The van der Waals surface area contributed by atoms with Crippen LogP contribution in [0.5, 0.6) is 0 Å². The highest BCUT2D eigenvalue weighted by Gasteiger charge is 2.32. The van der Waals surface area contributed by atoms with Crippen molar-refractivity contribution >= 4 is 15.9 Å². The van der Waals surface area contributed by atoms with Gasteiger partial charge in [0.15, 0.2) is 0 Å². The van der Waals surface area contributed by atoms with Gasteiger partial charge >= 0.3 is 0 Å². The van der Waals surface area contributed by atoms with Crippen molar-refractivity contribution in [2.45, 2.75) is 44.4 Å². The molecule has 1 aliphatic heterocycles. The van der Waals surface area contributed by atoms with E-state index < -0.39 is 10.0 Å². The Morgan fingerprint density at radius 1 is 1.25 bits per heavy atom. The second kappa shape index (κ2) is 8.02. The minimum atomic E-state index is -3.71. The first-order valence-electron chi connectivity index (χ1n) is 9.10. The normalized spacial score (nSPS) is 20.9. The summed E-state index contributed by atoms with van der Waals surface area (Å²) in [5, 5.41) is 3.88. The first-order valence-corrected chi connectivity index (χ1v) is 10.5. The number of aromatic nitrogens is 1. The minimum Gasteiger partial charge on any atom is -0.373 e. The molecule has 0 aliphatic carbocycles. The van der Waals surface area contributed by atoms with Crippen molar-refractivity contribution < 1.29 is 22.5 Å². The number of benzene rings is 1. The monoisotopic (exact) mass is 407 g/mol. The number of sulfonamides is 1. The molecule has 2 atom stereocenters. The maximum Gasteiger partial charge on any atom is 0.253 e. The summed E-state index contributed by atoms with van der Waals surface area (Å²) >= 11 is 0. The molecule has 1 saturated heterocycles. The van der Waals surface area contributed by atoms with E-state index in [0.29, 0.717) is 17.0 Å². The summed E-state index contributed by atoms with van der Waals surface area (Å²) in [4.78, 5) is 14.3. The second-order valence-corrected chi connectivity index (χ2v) is 9.14. The Hall–Kier alpha value is -2.23. The van der Waals surface area contributed by atoms with Gasteiger partial charge in [-0.3, -0.25) is 4.79 Å². The van der Waals surface area contributed by atoms with Gasteiger partial charge in [0.05, 0.1) is 23.6 Å². The Balaban J connectivity index is 1.80. The third-order valence-electron chi connectivity index (χ3n) is 4.53. The summed E-state index contributed by atoms with van der Waals surface area (Å²) in [6.45, 7) is 6.32. The van der Waals surface area contributed by atoms with Crippen LogP contribution < -0.4 is 0 Å². The Kier molecular flexibility index (Phi) is 5.87. The summed E-state index contributed by atoms with van der Waals surface area (Å²) in [6.07, 6.45) is -0.360. The van der Waals surface area contributed by atoms with Crippen LogP contribution in [0.25, 0.3) is 0 Å². The quantitative estimate of drug-likeness (QED) is 0.753. The molecule has 0 spiro atoms. The van der Waals surface area contributed by atoms with Crippen LogP contribution in [0.15, 0.2) is 39.8 Å². The number of amides is 1. The molecule has 8 nitrogen and oxygen atoms in total. The number of hydrogen-bond donors (Lipinski definition) is 0. The topological polar surface area (TPSA) is 93.0 Å². The van der Waals surface area contributed by atoms with Crippen molar-refractivity contribution in [1.82, 2.24) is 14.4 Å². The van der Waals surface area contributed by atoms with Gasteiger partial charge in [-0.25, -0.2) is 8.42 Å². The molecule has 0 N–H and O–H groups in total.